The lowest BCUT2D eigenvalue weighted by molar-refractivity contribution is -0.111. The maximum atomic E-state index is 12.1. The fraction of sp³-hybridized carbons (Fsp3) is 0.286. The van der Waals surface area contributed by atoms with Crippen molar-refractivity contribution in [2.45, 2.75) is 12.8 Å². The van der Waals surface area contributed by atoms with Gasteiger partial charge in [0.1, 0.15) is 0 Å². The minimum atomic E-state index is 0.161. The lowest BCUT2D eigenvalue weighted by Crippen LogP contribution is -2.01. The highest BCUT2D eigenvalue weighted by Crippen LogP contribution is 2.28. The molecule has 2 rings (SSSR count). The quantitative estimate of drug-likeness (QED) is 0.475. The van der Waals surface area contributed by atoms with E-state index in [0.29, 0.717) is 0 Å². The van der Waals surface area contributed by atoms with Crippen molar-refractivity contribution in [1.29, 1.82) is 0 Å². The molecule has 0 radical (unpaired) electrons. The van der Waals surface area contributed by atoms with Crippen LogP contribution in [0.15, 0.2) is 39.8 Å². The third kappa shape index (κ3) is 3.17. The lowest BCUT2D eigenvalue weighted by Gasteiger charge is -2.00. The Morgan fingerprint density at radius 1 is 1.33 bits per heavy atom. The van der Waals surface area contributed by atoms with Gasteiger partial charge in [0.05, 0.1) is 0 Å². The van der Waals surface area contributed by atoms with Gasteiger partial charge in [-0.3, -0.25) is 4.79 Å². The molecular weight excluding hydrogens is 244 g/mol. The van der Waals surface area contributed by atoms with Crippen LogP contribution in [0.2, 0.25) is 0 Å². The van der Waals surface area contributed by atoms with Gasteiger partial charge in [-0.05, 0) is 36.4 Å². The number of carbonyl (C=O) groups is 1. The van der Waals surface area contributed by atoms with Gasteiger partial charge in [0.2, 0.25) is 0 Å². The van der Waals surface area contributed by atoms with Crippen LogP contribution in [0.5, 0.6) is 0 Å². The van der Waals surface area contributed by atoms with Gasteiger partial charge in [-0.2, -0.15) is 5.10 Å². The molecule has 1 heterocycles. The van der Waals surface area contributed by atoms with Crippen molar-refractivity contribution in [2.75, 3.05) is 14.1 Å². The highest BCUT2D eigenvalue weighted by atomic mass is 32.1. The van der Waals surface area contributed by atoms with E-state index in [1.165, 1.54) is 0 Å². The number of hydrogen-bond donors (Lipinski definition) is 0. The minimum absolute atomic E-state index is 0.161. The molecule has 1 aliphatic carbocycles. The van der Waals surface area contributed by atoms with Gasteiger partial charge in [-0.15, -0.1) is 11.3 Å². The molecule has 1 saturated carbocycles. The van der Waals surface area contributed by atoms with Crippen molar-refractivity contribution in [3.8, 4) is 0 Å². The Morgan fingerprint density at radius 3 is 2.78 bits per heavy atom. The summed E-state index contributed by atoms with van der Waals surface area (Å²) < 4.78 is 0. The Balaban J connectivity index is 2.10. The van der Waals surface area contributed by atoms with E-state index in [9.17, 15) is 4.79 Å². The molecule has 0 N–H and O–H groups in total. The first-order valence-corrected chi connectivity index (χ1v) is 6.74. The largest absolute Gasteiger partial charge is 0.303 e. The van der Waals surface area contributed by atoms with Crippen LogP contribution in [0.1, 0.15) is 17.7 Å². The van der Waals surface area contributed by atoms with E-state index in [1.807, 2.05) is 43.8 Å². The number of hydrogen-bond acceptors (Lipinski definition) is 4. The number of carbonyl (C=O) groups excluding carboxylic acids is 1. The first-order valence-electron chi connectivity index (χ1n) is 5.86. The smallest absolute Gasteiger partial charge is 0.185 e. The second-order valence-corrected chi connectivity index (χ2v) is 5.30. The molecule has 18 heavy (non-hydrogen) atoms. The maximum absolute atomic E-state index is 12.1. The van der Waals surface area contributed by atoms with Gasteiger partial charge in [0.25, 0.3) is 0 Å². The van der Waals surface area contributed by atoms with E-state index in [2.05, 4.69) is 5.10 Å². The van der Waals surface area contributed by atoms with Gasteiger partial charge in [0.15, 0.2) is 5.78 Å². The van der Waals surface area contributed by atoms with E-state index in [0.717, 1.165) is 28.9 Å². The molecule has 0 bridgehead atoms. The number of Topliss-reactive ketones (excluding diaryl/α,β-unsaturated/α-hetero) is 1. The highest BCUT2D eigenvalue weighted by Gasteiger charge is 2.22. The normalized spacial score (nSPS) is 20.4. The summed E-state index contributed by atoms with van der Waals surface area (Å²) in [5.74, 6) is 0.161. The topological polar surface area (TPSA) is 32.7 Å². The summed E-state index contributed by atoms with van der Waals surface area (Å²) in [5.41, 5.74) is 1.75. The molecule has 0 aliphatic heterocycles. The van der Waals surface area contributed by atoms with E-state index in [-0.39, 0.29) is 5.78 Å². The number of ketones is 1. The average Bonchev–Trinajstić information content (AvgIpc) is 2.93. The SMILES string of the molecule is CN(C)N=CC=C1CCC(=Cc2cccs2)C1=O. The monoisotopic (exact) mass is 260 g/mol. The van der Waals surface area contributed by atoms with E-state index in [1.54, 1.807) is 22.6 Å². The Hall–Kier alpha value is -1.68. The Morgan fingerprint density at radius 2 is 2.11 bits per heavy atom. The zero-order valence-corrected chi connectivity index (χ0v) is 11.4. The fourth-order valence-corrected chi connectivity index (χ4v) is 2.48. The van der Waals surface area contributed by atoms with Crippen molar-refractivity contribution >= 4 is 29.4 Å². The van der Waals surface area contributed by atoms with Crippen molar-refractivity contribution in [3.05, 3.63) is 39.6 Å². The molecule has 0 aromatic carbocycles. The molecule has 94 valence electrons. The third-order valence-corrected chi connectivity index (χ3v) is 3.50. The number of nitrogens with zero attached hydrogens (tertiary/aromatic N) is 2. The molecule has 0 unspecified atom stereocenters. The van der Waals surface area contributed by atoms with Gasteiger partial charge in [-0.1, -0.05) is 6.07 Å². The fourth-order valence-electron chi connectivity index (χ4n) is 1.80. The summed E-state index contributed by atoms with van der Waals surface area (Å²) in [6.45, 7) is 0. The summed E-state index contributed by atoms with van der Waals surface area (Å²) in [6.07, 6.45) is 7.14. The summed E-state index contributed by atoms with van der Waals surface area (Å²) in [4.78, 5) is 13.2. The highest BCUT2D eigenvalue weighted by molar-refractivity contribution is 7.10. The van der Waals surface area contributed by atoms with Crippen molar-refractivity contribution < 1.29 is 4.79 Å². The molecule has 1 aliphatic rings. The summed E-state index contributed by atoms with van der Waals surface area (Å²) >= 11 is 1.65. The standard InChI is InChI=1S/C14H16N2OS/c1-16(2)15-8-7-11-5-6-12(14(11)17)10-13-4-3-9-18-13/h3-4,7-10H,5-6H2,1-2H3. The van der Waals surface area contributed by atoms with Crippen LogP contribution >= 0.6 is 11.3 Å². The van der Waals surface area contributed by atoms with Crippen LogP contribution in [0, 0.1) is 0 Å². The molecule has 1 fully saturated rings. The molecule has 1 aromatic rings. The number of rotatable bonds is 3. The molecule has 4 heteroatoms. The van der Waals surface area contributed by atoms with E-state index < -0.39 is 0 Å². The molecule has 3 nitrogen and oxygen atoms in total. The first-order chi connectivity index (χ1) is 8.66. The van der Waals surface area contributed by atoms with Crippen LogP contribution in [0.4, 0.5) is 0 Å². The van der Waals surface area contributed by atoms with E-state index >= 15 is 0 Å². The zero-order valence-electron chi connectivity index (χ0n) is 10.6. The third-order valence-electron chi connectivity index (χ3n) is 2.68. The van der Waals surface area contributed by atoms with Crippen molar-refractivity contribution in [1.82, 2.24) is 5.01 Å². The van der Waals surface area contributed by atoms with Gasteiger partial charge >= 0.3 is 0 Å². The molecule has 0 spiro atoms. The molecule has 0 atom stereocenters. The molecule has 1 aromatic heterocycles. The maximum Gasteiger partial charge on any atom is 0.185 e. The summed E-state index contributed by atoms with van der Waals surface area (Å²) in [5, 5.41) is 7.81. The number of thiophene rings is 1. The second kappa shape index (κ2) is 5.78. The van der Waals surface area contributed by atoms with Gasteiger partial charge in [-0.25, -0.2) is 0 Å². The number of allylic oxidation sites excluding steroid dienone is 3. The second-order valence-electron chi connectivity index (χ2n) is 4.32. The van der Waals surface area contributed by atoms with Gasteiger partial charge < -0.3 is 5.01 Å². The summed E-state index contributed by atoms with van der Waals surface area (Å²) in [6, 6.07) is 4.02. The van der Waals surface area contributed by atoms with Crippen LogP contribution in [-0.4, -0.2) is 31.1 Å². The minimum Gasteiger partial charge on any atom is -0.303 e. The Kier molecular flexibility index (Phi) is 4.10. The van der Waals surface area contributed by atoms with Crippen LogP contribution in [0.3, 0.4) is 0 Å². The average molecular weight is 260 g/mol. The van der Waals surface area contributed by atoms with Crippen LogP contribution in [-0.2, 0) is 4.79 Å². The Bertz CT molecular complexity index is 510. The zero-order chi connectivity index (χ0) is 13.0. The molecule has 0 saturated heterocycles. The van der Waals surface area contributed by atoms with Crippen LogP contribution < -0.4 is 0 Å². The lowest BCUT2D eigenvalue weighted by atomic mass is 10.1. The Labute approximate surface area is 111 Å². The number of hydrazone groups is 1. The first kappa shape index (κ1) is 12.8. The predicted molar refractivity (Wildman–Crippen MR) is 76.8 cm³/mol. The van der Waals surface area contributed by atoms with Gasteiger partial charge in [0, 0.05) is 36.3 Å². The van der Waals surface area contributed by atoms with Crippen molar-refractivity contribution in [3.63, 3.8) is 0 Å². The van der Waals surface area contributed by atoms with Crippen LogP contribution in [0.25, 0.3) is 6.08 Å². The molecule has 0 amide bonds. The van der Waals surface area contributed by atoms with E-state index in [4.69, 9.17) is 0 Å². The predicted octanol–water partition coefficient (Wildman–Crippen LogP) is 2.97. The summed E-state index contributed by atoms with van der Waals surface area (Å²) in [7, 11) is 3.71. The molecular formula is C14H16N2OS. The van der Waals surface area contributed by atoms with Crippen molar-refractivity contribution in [2.24, 2.45) is 5.10 Å².